The van der Waals surface area contributed by atoms with E-state index in [4.69, 9.17) is 0 Å². The number of methoxy groups -OCH3 is 1. The molecule has 104 valence electrons. The molecule has 0 amide bonds. The first-order chi connectivity index (χ1) is 8.96. The molecule has 1 saturated heterocycles. The Balaban J connectivity index is 2.30. The predicted octanol–water partition coefficient (Wildman–Crippen LogP) is 0.220. The molecule has 1 aliphatic heterocycles. The normalized spacial score (nSPS) is 23.4. The number of likely N-dealkylation sites (N-methyl/N-ethyl adjacent to an activating group) is 1. The van der Waals surface area contributed by atoms with E-state index in [1.165, 1.54) is 18.5 Å². The van der Waals surface area contributed by atoms with Crippen LogP contribution >= 0.6 is 0 Å². The van der Waals surface area contributed by atoms with E-state index >= 15 is 0 Å². The predicted molar refractivity (Wildman–Crippen MR) is 69.3 cm³/mol. The Kier molecular flexibility index (Phi) is 3.88. The number of nitrogens with zero attached hydrogens (tertiary/aromatic N) is 2. The van der Waals surface area contributed by atoms with Gasteiger partial charge in [0.05, 0.1) is 7.11 Å². The Morgan fingerprint density at radius 3 is 2.58 bits per heavy atom. The second-order valence-electron chi connectivity index (χ2n) is 4.36. The molecule has 7 heteroatoms. The van der Waals surface area contributed by atoms with Crippen molar-refractivity contribution < 1.29 is 17.9 Å². The van der Waals surface area contributed by atoms with Gasteiger partial charge in [-0.15, -0.1) is 0 Å². The number of hydrogen-bond donors (Lipinski definition) is 0. The van der Waals surface area contributed by atoms with E-state index in [0.717, 1.165) is 9.87 Å². The van der Waals surface area contributed by atoms with Crippen molar-refractivity contribution in [2.45, 2.75) is 12.6 Å². The minimum absolute atomic E-state index is 0.113. The van der Waals surface area contributed by atoms with Crippen LogP contribution < -0.4 is 0 Å². The number of carbonyl (C=O) groups excluding carboxylic acids is 1. The molecule has 1 atom stereocenters. The fourth-order valence-corrected chi connectivity index (χ4v) is 3.53. The maximum Gasteiger partial charge on any atom is 0.325 e. The van der Waals surface area contributed by atoms with E-state index in [9.17, 15) is 13.2 Å². The van der Waals surface area contributed by atoms with Crippen LogP contribution in [-0.4, -0.2) is 49.7 Å². The summed E-state index contributed by atoms with van der Waals surface area (Å²) in [4.78, 5) is 11.7. The highest BCUT2D eigenvalue weighted by Crippen LogP contribution is 2.24. The lowest BCUT2D eigenvalue weighted by molar-refractivity contribution is -0.144. The maximum absolute atomic E-state index is 12.2. The van der Waals surface area contributed by atoms with Crippen LogP contribution in [0, 0.1) is 0 Å². The largest absolute Gasteiger partial charge is 0.468 e. The number of ether oxygens (including phenoxy) is 1. The van der Waals surface area contributed by atoms with Crippen molar-refractivity contribution in [3.8, 4) is 0 Å². The molecule has 0 N–H and O–H groups in total. The third-order valence-electron chi connectivity index (χ3n) is 3.12. The lowest BCUT2D eigenvalue weighted by Gasteiger charge is -2.20. The number of esters is 1. The quantitative estimate of drug-likeness (QED) is 0.745. The Hall–Kier alpha value is -1.44. The standard InChI is InChI=1S/C12H16N2O4S/c1-13-9-11(12(15)18-2)14(19(13,16)17)8-10-6-4-3-5-7-10/h3-7,11H,8-9H2,1-2H3/t11-/m0/s1. The molecule has 1 aromatic rings. The fraction of sp³-hybridized carbons (Fsp3) is 0.417. The summed E-state index contributed by atoms with van der Waals surface area (Å²) in [6, 6.07) is 8.36. The van der Waals surface area contributed by atoms with Crippen molar-refractivity contribution in [2.75, 3.05) is 20.7 Å². The fourth-order valence-electron chi connectivity index (χ4n) is 2.05. The molecule has 1 fully saturated rings. The number of benzene rings is 1. The van der Waals surface area contributed by atoms with Crippen LogP contribution in [0.3, 0.4) is 0 Å². The van der Waals surface area contributed by atoms with Gasteiger partial charge in [-0.2, -0.15) is 17.0 Å². The zero-order chi connectivity index (χ0) is 14.0. The van der Waals surface area contributed by atoms with Crippen LogP contribution in [0.1, 0.15) is 5.56 Å². The highest BCUT2D eigenvalue weighted by atomic mass is 32.2. The smallest absolute Gasteiger partial charge is 0.325 e. The van der Waals surface area contributed by atoms with Crippen LogP contribution in [-0.2, 0) is 26.3 Å². The Bertz CT molecular complexity index is 558. The van der Waals surface area contributed by atoms with Crippen molar-refractivity contribution in [3.63, 3.8) is 0 Å². The van der Waals surface area contributed by atoms with E-state index in [-0.39, 0.29) is 13.1 Å². The second-order valence-corrected chi connectivity index (χ2v) is 6.35. The van der Waals surface area contributed by atoms with E-state index in [1.807, 2.05) is 30.3 Å². The first-order valence-corrected chi connectivity index (χ1v) is 7.21. The molecule has 0 saturated carbocycles. The van der Waals surface area contributed by atoms with E-state index in [2.05, 4.69) is 4.74 Å². The lowest BCUT2D eigenvalue weighted by Crippen LogP contribution is -2.40. The van der Waals surface area contributed by atoms with Gasteiger partial charge in [0.25, 0.3) is 10.2 Å². The zero-order valence-electron chi connectivity index (χ0n) is 10.8. The average molecular weight is 284 g/mol. The molecule has 19 heavy (non-hydrogen) atoms. The van der Waals surface area contributed by atoms with Crippen molar-refractivity contribution >= 4 is 16.2 Å². The molecule has 0 radical (unpaired) electrons. The van der Waals surface area contributed by atoms with Gasteiger partial charge in [0.1, 0.15) is 6.04 Å². The molecular weight excluding hydrogens is 268 g/mol. The number of rotatable bonds is 3. The van der Waals surface area contributed by atoms with Gasteiger partial charge in [0, 0.05) is 20.1 Å². The van der Waals surface area contributed by atoms with Gasteiger partial charge in [-0.3, -0.25) is 4.79 Å². The second kappa shape index (κ2) is 5.28. The average Bonchev–Trinajstić information content (AvgIpc) is 2.63. The van der Waals surface area contributed by atoms with Crippen molar-refractivity contribution in [1.82, 2.24) is 8.61 Å². The van der Waals surface area contributed by atoms with Gasteiger partial charge in [-0.25, -0.2) is 0 Å². The van der Waals surface area contributed by atoms with Crippen molar-refractivity contribution in [1.29, 1.82) is 0 Å². The summed E-state index contributed by atoms with van der Waals surface area (Å²) in [5.74, 6) is -0.538. The first-order valence-electron chi connectivity index (χ1n) is 5.81. The van der Waals surface area contributed by atoms with Gasteiger partial charge in [0.15, 0.2) is 0 Å². The third-order valence-corrected chi connectivity index (χ3v) is 5.04. The Morgan fingerprint density at radius 1 is 1.37 bits per heavy atom. The molecule has 1 aliphatic rings. The third kappa shape index (κ3) is 2.63. The van der Waals surface area contributed by atoms with Crippen LogP contribution in [0.2, 0.25) is 0 Å². The summed E-state index contributed by atoms with van der Waals surface area (Å²) < 4.78 is 31.4. The highest BCUT2D eigenvalue weighted by molar-refractivity contribution is 7.87. The molecule has 1 heterocycles. The van der Waals surface area contributed by atoms with E-state index in [0.29, 0.717) is 0 Å². The SMILES string of the molecule is COC(=O)[C@@H]1CN(C)S(=O)(=O)N1Cc1ccccc1. The summed E-state index contributed by atoms with van der Waals surface area (Å²) in [7, 11) is -0.890. The first kappa shape index (κ1) is 14.0. The molecule has 0 aliphatic carbocycles. The molecule has 0 bridgehead atoms. The van der Waals surface area contributed by atoms with E-state index in [1.54, 1.807) is 0 Å². The topological polar surface area (TPSA) is 66.9 Å². The lowest BCUT2D eigenvalue weighted by atomic mass is 10.2. The molecular formula is C12H16N2O4S. The monoisotopic (exact) mass is 284 g/mol. The summed E-state index contributed by atoms with van der Waals surface area (Å²) in [6.45, 7) is 0.273. The summed E-state index contributed by atoms with van der Waals surface area (Å²) in [6.07, 6.45) is 0. The van der Waals surface area contributed by atoms with Gasteiger partial charge in [-0.05, 0) is 5.56 Å². The molecule has 1 aromatic carbocycles. The molecule has 6 nitrogen and oxygen atoms in total. The molecule has 0 aromatic heterocycles. The Labute approximate surface area is 112 Å². The molecule has 2 rings (SSSR count). The van der Waals surface area contributed by atoms with Gasteiger partial charge >= 0.3 is 5.97 Å². The maximum atomic E-state index is 12.2. The van der Waals surface area contributed by atoms with Gasteiger partial charge < -0.3 is 4.74 Å². The zero-order valence-corrected chi connectivity index (χ0v) is 11.6. The number of carbonyl (C=O) groups is 1. The molecule has 0 unspecified atom stereocenters. The van der Waals surface area contributed by atoms with Crippen LogP contribution in [0.15, 0.2) is 30.3 Å². The number of hydrogen-bond acceptors (Lipinski definition) is 4. The van der Waals surface area contributed by atoms with Crippen LogP contribution in [0.25, 0.3) is 0 Å². The van der Waals surface area contributed by atoms with Crippen molar-refractivity contribution in [2.24, 2.45) is 0 Å². The highest BCUT2D eigenvalue weighted by Gasteiger charge is 2.46. The summed E-state index contributed by atoms with van der Waals surface area (Å²) in [5.41, 5.74) is 0.829. The summed E-state index contributed by atoms with van der Waals surface area (Å²) >= 11 is 0. The minimum atomic E-state index is -3.60. The van der Waals surface area contributed by atoms with Crippen molar-refractivity contribution in [3.05, 3.63) is 35.9 Å². The molecule has 0 spiro atoms. The minimum Gasteiger partial charge on any atom is -0.468 e. The van der Waals surface area contributed by atoms with Gasteiger partial charge in [-0.1, -0.05) is 30.3 Å². The Morgan fingerprint density at radius 2 is 2.00 bits per heavy atom. The summed E-state index contributed by atoms with van der Waals surface area (Å²) in [5, 5.41) is 0. The van der Waals surface area contributed by atoms with Crippen LogP contribution in [0.5, 0.6) is 0 Å². The van der Waals surface area contributed by atoms with E-state index < -0.39 is 22.2 Å². The van der Waals surface area contributed by atoms with Crippen LogP contribution in [0.4, 0.5) is 0 Å². The van der Waals surface area contributed by atoms with Gasteiger partial charge in [0.2, 0.25) is 0 Å².